The Kier molecular flexibility index (Phi) is 6.36. The molecule has 4 unspecified atom stereocenters. The average molecular weight is 315 g/mol. The van der Waals surface area contributed by atoms with E-state index >= 15 is 0 Å². The number of carbonyl (C=O) groups excluding carboxylic acids is 1. The van der Waals surface area contributed by atoms with Gasteiger partial charge in [-0.05, 0) is 50.9 Å². The van der Waals surface area contributed by atoms with E-state index in [1.54, 1.807) is 0 Å². The van der Waals surface area contributed by atoms with Gasteiger partial charge in [-0.25, -0.2) is 0 Å². The zero-order valence-corrected chi connectivity index (χ0v) is 14.1. The first-order chi connectivity index (χ1) is 9.74. The van der Waals surface area contributed by atoms with Gasteiger partial charge in [-0.3, -0.25) is 4.79 Å². The van der Waals surface area contributed by atoms with Gasteiger partial charge in [0, 0.05) is 12.1 Å². The minimum Gasteiger partial charge on any atom is -0.352 e. The smallest absolute Gasteiger partial charge is 0.237 e. The third kappa shape index (κ3) is 4.13. The molecule has 21 heavy (non-hydrogen) atoms. The summed E-state index contributed by atoms with van der Waals surface area (Å²) in [5, 5.41) is 6.89. The molecule has 2 N–H and O–H groups in total. The lowest BCUT2D eigenvalue weighted by molar-refractivity contribution is -0.123. The molecule has 2 saturated carbocycles. The molecule has 3 rings (SSSR count). The molecule has 1 aliphatic heterocycles. The molecular formula is C17H31ClN2O. The summed E-state index contributed by atoms with van der Waals surface area (Å²) in [5.41, 5.74) is 0. The van der Waals surface area contributed by atoms with E-state index < -0.39 is 0 Å². The van der Waals surface area contributed by atoms with Gasteiger partial charge in [0.25, 0.3) is 0 Å². The van der Waals surface area contributed by atoms with Gasteiger partial charge in [-0.15, -0.1) is 12.4 Å². The Bertz CT molecular complexity index is 330. The third-order valence-electron chi connectivity index (χ3n) is 5.91. The molecule has 0 aromatic rings. The summed E-state index contributed by atoms with van der Waals surface area (Å²) in [5.74, 6) is 1.72. The van der Waals surface area contributed by atoms with Crippen molar-refractivity contribution in [3.63, 3.8) is 0 Å². The minimum atomic E-state index is 0. The zero-order chi connectivity index (χ0) is 13.9. The summed E-state index contributed by atoms with van der Waals surface area (Å²) in [6.45, 7) is 2.20. The number of rotatable bonds is 3. The van der Waals surface area contributed by atoms with Crippen molar-refractivity contribution in [3.05, 3.63) is 0 Å². The fourth-order valence-corrected chi connectivity index (χ4v) is 4.60. The maximum Gasteiger partial charge on any atom is 0.237 e. The van der Waals surface area contributed by atoms with E-state index in [1.807, 2.05) is 0 Å². The Morgan fingerprint density at radius 1 is 1.05 bits per heavy atom. The molecule has 1 saturated heterocycles. The number of halogens is 1. The predicted octanol–water partition coefficient (Wildman–Crippen LogP) is 3.41. The van der Waals surface area contributed by atoms with Crippen LogP contribution in [0.2, 0.25) is 0 Å². The Hall–Kier alpha value is -0.280. The first-order valence-corrected chi connectivity index (χ1v) is 8.80. The van der Waals surface area contributed by atoms with Crippen molar-refractivity contribution in [1.29, 1.82) is 0 Å². The third-order valence-corrected chi connectivity index (χ3v) is 5.91. The Morgan fingerprint density at radius 3 is 2.43 bits per heavy atom. The molecule has 0 radical (unpaired) electrons. The van der Waals surface area contributed by atoms with Crippen LogP contribution in [0, 0.1) is 11.8 Å². The van der Waals surface area contributed by atoms with Crippen LogP contribution in [0.3, 0.4) is 0 Å². The molecule has 0 aromatic carbocycles. The van der Waals surface area contributed by atoms with Crippen molar-refractivity contribution in [2.75, 3.05) is 0 Å². The fourth-order valence-electron chi connectivity index (χ4n) is 4.60. The van der Waals surface area contributed by atoms with E-state index in [-0.39, 0.29) is 24.4 Å². The van der Waals surface area contributed by atoms with Crippen molar-refractivity contribution >= 4 is 18.3 Å². The van der Waals surface area contributed by atoms with Crippen molar-refractivity contribution in [3.8, 4) is 0 Å². The second-order valence-corrected chi connectivity index (χ2v) is 7.30. The van der Waals surface area contributed by atoms with E-state index in [4.69, 9.17) is 0 Å². The maximum atomic E-state index is 12.5. The Labute approximate surface area is 135 Å². The molecule has 3 nitrogen and oxygen atoms in total. The van der Waals surface area contributed by atoms with E-state index in [0.29, 0.717) is 18.0 Å². The first kappa shape index (κ1) is 17.1. The lowest BCUT2D eigenvalue weighted by Gasteiger charge is -2.29. The largest absolute Gasteiger partial charge is 0.352 e. The van der Waals surface area contributed by atoms with Crippen molar-refractivity contribution in [2.24, 2.45) is 11.8 Å². The van der Waals surface area contributed by atoms with Gasteiger partial charge in [0.05, 0.1) is 6.04 Å². The summed E-state index contributed by atoms with van der Waals surface area (Å²) >= 11 is 0. The van der Waals surface area contributed by atoms with E-state index in [0.717, 1.165) is 12.3 Å². The van der Waals surface area contributed by atoms with Gasteiger partial charge in [0.15, 0.2) is 0 Å². The number of hydrogen-bond acceptors (Lipinski definition) is 2. The number of carbonyl (C=O) groups is 1. The second kappa shape index (κ2) is 7.82. The molecule has 0 spiro atoms. The van der Waals surface area contributed by atoms with Gasteiger partial charge in [-0.1, -0.05) is 32.1 Å². The van der Waals surface area contributed by atoms with Crippen LogP contribution in [-0.2, 0) is 4.79 Å². The van der Waals surface area contributed by atoms with Crippen molar-refractivity contribution in [2.45, 2.75) is 89.3 Å². The Balaban J connectivity index is 0.00000161. The first-order valence-electron chi connectivity index (χ1n) is 8.80. The quantitative estimate of drug-likeness (QED) is 0.838. The molecule has 1 amide bonds. The molecule has 0 aromatic heterocycles. The van der Waals surface area contributed by atoms with Crippen molar-refractivity contribution < 1.29 is 4.79 Å². The molecule has 2 aliphatic carbocycles. The van der Waals surface area contributed by atoms with Gasteiger partial charge >= 0.3 is 0 Å². The topological polar surface area (TPSA) is 41.1 Å². The van der Waals surface area contributed by atoms with Crippen LogP contribution < -0.4 is 10.6 Å². The van der Waals surface area contributed by atoms with Crippen LogP contribution in [0.15, 0.2) is 0 Å². The highest BCUT2D eigenvalue weighted by Gasteiger charge is 2.38. The van der Waals surface area contributed by atoms with Gasteiger partial charge in [0.2, 0.25) is 5.91 Å². The van der Waals surface area contributed by atoms with Crippen LogP contribution in [0.25, 0.3) is 0 Å². The van der Waals surface area contributed by atoms with E-state index in [2.05, 4.69) is 17.6 Å². The second-order valence-electron chi connectivity index (χ2n) is 7.30. The lowest BCUT2D eigenvalue weighted by Crippen LogP contribution is -2.48. The number of amides is 1. The molecule has 3 fully saturated rings. The lowest BCUT2D eigenvalue weighted by atomic mass is 9.84. The fraction of sp³-hybridized carbons (Fsp3) is 0.941. The van der Waals surface area contributed by atoms with Crippen LogP contribution in [-0.4, -0.2) is 24.0 Å². The van der Waals surface area contributed by atoms with Gasteiger partial charge in [0.1, 0.15) is 0 Å². The average Bonchev–Trinajstić information content (AvgIpc) is 2.92. The van der Waals surface area contributed by atoms with E-state index in [1.165, 1.54) is 57.8 Å². The Morgan fingerprint density at radius 2 is 1.71 bits per heavy atom. The summed E-state index contributed by atoms with van der Waals surface area (Å²) in [6, 6.07) is 1.05. The summed E-state index contributed by atoms with van der Waals surface area (Å²) in [7, 11) is 0. The van der Waals surface area contributed by atoms with Crippen LogP contribution in [0.4, 0.5) is 0 Å². The predicted molar refractivity (Wildman–Crippen MR) is 88.7 cm³/mol. The molecule has 122 valence electrons. The maximum absolute atomic E-state index is 12.5. The zero-order valence-electron chi connectivity index (χ0n) is 13.3. The normalized spacial score (nSPS) is 34.6. The standard InChI is InChI=1S/C17H30N2O.ClH/c1-12(13-7-3-2-4-8-13)18-17(20)16-11-14-9-5-6-10-15(14)19-16;/h12-16,19H,2-11H2,1H3,(H,18,20);1H. The van der Waals surface area contributed by atoms with Crippen LogP contribution in [0.5, 0.6) is 0 Å². The molecule has 0 bridgehead atoms. The number of hydrogen-bond donors (Lipinski definition) is 2. The van der Waals surface area contributed by atoms with E-state index in [9.17, 15) is 4.79 Å². The highest BCUT2D eigenvalue weighted by molar-refractivity contribution is 5.85. The van der Waals surface area contributed by atoms with Gasteiger partial charge < -0.3 is 10.6 Å². The molecule has 1 heterocycles. The molecule has 4 atom stereocenters. The van der Waals surface area contributed by atoms with Crippen molar-refractivity contribution in [1.82, 2.24) is 10.6 Å². The molecular weight excluding hydrogens is 284 g/mol. The van der Waals surface area contributed by atoms with Crippen LogP contribution >= 0.6 is 12.4 Å². The summed E-state index contributed by atoms with van der Waals surface area (Å²) in [4.78, 5) is 12.5. The molecule has 4 heteroatoms. The molecule has 3 aliphatic rings. The number of fused-ring (bicyclic) bond motifs is 1. The monoisotopic (exact) mass is 314 g/mol. The SMILES string of the molecule is CC(NC(=O)C1CC2CCCCC2N1)C1CCCCC1.Cl. The summed E-state index contributed by atoms with van der Waals surface area (Å²) < 4.78 is 0. The number of nitrogens with one attached hydrogen (secondary N) is 2. The highest BCUT2D eigenvalue weighted by atomic mass is 35.5. The highest BCUT2D eigenvalue weighted by Crippen LogP contribution is 2.33. The van der Waals surface area contributed by atoms with Gasteiger partial charge in [-0.2, -0.15) is 0 Å². The summed E-state index contributed by atoms with van der Waals surface area (Å²) in [6.07, 6.45) is 13.0. The minimum absolute atomic E-state index is 0. The van der Waals surface area contributed by atoms with Crippen LogP contribution in [0.1, 0.15) is 71.1 Å².